The molecule has 1 heterocycles. The van der Waals surface area contributed by atoms with E-state index in [-0.39, 0.29) is 23.8 Å². The van der Waals surface area contributed by atoms with Gasteiger partial charge in [-0.3, -0.25) is 4.79 Å². The van der Waals surface area contributed by atoms with Crippen LogP contribution in [-0.4, -0.2) is 27.1 Å². The Hall–Kier alpha value is -1.98. The lowest BCUT2D eigenvalue weighted by Gasteiger charge is -2.18. The molecule has 0 bridgehead atoms. The molecule has 1 aliphatic carbocycles. The molecule has 6 nitrogen and oxygen atoms in total. The topological polar surface area (TPSA) is 89.3 Å². The Morgan fingerprint density at radius 1 is 1.52 bits per heavy atom. The third kappa shape index (κ3) is 3.56. The molecule has 1 atom stereocenters. The first kappa shape index (κ1) is 15.4. The number of nitrogens with zero attached hydrogens (tertiary/aromatic N) is 2. The summed E-state index contributed by atoms with van der Waals surface area (Å²) < 4.78 is 1.06. The van der Waals surface area contributed by atoms with Crippen LogP contribution in [0.3, 0.4) is 0 Å². The van der Waals surface area contributed by atoms with E-state index in [1.54, 1.807) is 6.07 Å². The van der Waals surface area contributed by atoms with E-state index in [9.17, 15) is 19.5 Å². The van der Waals surface area contributed by atoms with Crippen molar-refractivity contribution in [1.82, 2.24) is 9.78 Å². The maximum atomic E-state index is 12.5. The second-order valence-electron chi connectivity index (χ2n) is 5.97. The minimum atomic E-state index is -1.07. The zero-order valence-corrected chi connectivity index (χ0v) is 12.3. The van der Waals surface area contributed by atoms with E-state index < -0.39 is 12.0 Å². The molecule has 0 amide bonds. The van der Waals surface area contributed by atoms with Gasteiger partial charge in [0.15, 0.2) is 6.04 Å². The van der Waals surface area contributed by atoms with Crippen LogP contribution in [0.5, 0.6) is 0 Å². The molecule has 0 radical (unpaired) electrons. The van der Waals surface area contributed by atoms with E-state index in [1.165, 1.54) is 0 Å². The summed E-state index contributed by atoms with van der Waals surface area (Å²) in [5, 5.41) is 13.5. The molecule has 1 aromatic rings. The molecule has 1 aromatic heterocycles. The molecular formula is C15H20N2O4. The summed E-state index contributed by atoms with van der Waals surface area (Å²) in [4.78, 5) is 34.7. The lowest BCUT2D eigenvalue weighted by Crippen LogP contribution is -2.35. The standard InChI is InChI=1S/C15H20N2O4/c1-9(2)7-13(15(20)21)17-14(19)12(10-3-4-10)8-11(16-17)5-6-18/h6,8-10,13H,3-5,7H2,1-2H3,(H,20,21). The van der Waals surface area contributed by atoms with Gasteiger partial charge in [0.2, 0.25) is 0 Å². The van der Waals surface area contributed by atoms with Crippen LogP contribution in [0.4, 0.5) is 0 Å². The zero-order valence-electron chi connectivity index (χ0n) is 12.3. The van der Waals surface area contributed by atoms with Crippen LogP contribution >= 0.6 is 0 Å². The zero-order chi connectivity index (χ0) is 15.6. The molecule has 0 aliphatic heterocycles. The molecule has 6 heteroatoms. The highest BCUT2D eigenvalue weighted by atomic mass is 16.4. The third-order valence-corrected chi connectivity index (χ3v) is 3.60. The predicted octanol–water partition coefficient (Wildman–Crippen LogP) is 1.53. The molecule has 1 aliphatic rings. The number of carbonyl (C=O) groups is 2. The molecule has 2 rings (SSSR count). The van der Waals surface area contributed by atoms with Crippen LogP contribution in [0.25, 0.3) is 0 Å². The maximum Gasteiger partial charge on any atom is 0.328 e. The van der Waals surface area contributed by atoms with Gasteiger partial charge in [-0.1, -0.05) is 13.8 Å². The number of aldehydes is 1. The Morgan fingerprint density at radius 3 is 2.67 bits per heavy atom. The van der Waals surface area contributed by atoms with Crippen molar-refractivity contribution in [3.63, 3.8) is 0 Å². The minimum Gasteiger partial charge on any atom is -0.480 e. The molecule has 1 N–H and O–H groups in total. The third-order valence-electron chi connectivity index (χ3n) is 3.60. The van der Waals surface area contributed by atoms with Gasteiger partial charge in [0.1, 0.15) is 6.29 Å². The van der Waals surface area contributed by atoms with Gasteiger partial charge in [-0.15, -0.1) is 0 Å². The monoisotopic (exact) mass is 292 g/mol. The number of carboxylic acid groups (broad SMARTS) is 1. The van der Waals surface area contributed by atoms with E-state index >= 15 is 0 Å². The van der Waals surface area contributed by atoms with Gasteiger partial charge in [-0.2, -0.15) is 5.10 Å². The van der Waals surface area contributed by atoms with Crippen LogP contribution in [0.15, 0.2) is 10.9 Å². The molecule has 1 unspecified atom stereocenters. The summed E-state index contributed by atoms with van der Waals surface area (Å²) in [6.07, 6.45) is 3.00. The fourth-order valence-corrected chi connectivity index (χ4v) is 2.42. The number of carbonyl (C=O) groups excluding carboxylic acids is 1. The van der Waals surface area contributed by atoms with Crippen molar-refractivity contribution in [1.29, 1.82) is 0 Å². The molecule has 114 valence electrons. The van der Waals surface area contributed by atoms with Gasteiger partial charge >= 0.3 is 5.97 Å². The first-order chi connectivity index (χ1) is 9.93. The predicted molar refractivity (Wildman–Crippen MR) is 76.4 cm³/mol. The number of carboxylic acids is 1. The first-order valence-electron chi connectivity index (χ1n) is 7.23. The molecule has 0 spiro atoms. The van der Waals surface area contributed by atoms with E-state index in [2.05, 4.69) is 5.10 Å². The Bertz CT molecular complexity index is 602. The number of hydrogen-bond donors (Lipinski definition) is 1. The average Bonchev–Trinajstić information content (AvgIpc) is 3.22. The Kier molecular flexibility index (Phi) is 4.55. The van der Waals surface area contributed by atoms with Gasteiger partial charge in [0.25, 0.3) is 5.56 Å². The maximum absolute atomic E-state index is 12.5. The smallest absolute Gasteiger partial charge is 0.328 e. The summed E-state index contributed by atoms with van der Waals surface area (Å²) >= 11 is 0. The van der Waals surface area contributed by atoms with E-state index in [4.69, 9.17) is 0 Å². The van der Waals surface area contributed by atoms with E-state index in [0.717, 1.165) is 17.5 Å². The number of aromatic nitrogens is 2. The molecule has 1 fully saturated rings. The summed E-state index contributed by atoms with van der Waals surface area (Å²) in [7, 11) is 0. The Labute approximate surface area is 122 Å². The molecule has 0 saturated heterocycles. The lowest BCUT2D eigenvalue weighted by atomic mass is 10.0. The first-order valence-corrected chi connectivity index (χ1v) is 7.23. The fourth-order valence-electron chi connectivity index (χ4n) is 2.42. The highest BCUT2D eigenvalue weighted by Gasteiger charge is 2.31. The molecule has 21 heavy (non-hydrogen) atoms. The van der Waals surface area contributed by atoms with E-state index in [0.29, 0.717) is 24.0 Å². The van der Waals surface area contributed by atoms with Gasteiger partial charge in [0.05, 0.1) is 5.69 Å². The molecular weight excluding hydrogens is 272 g/mol. The van der Waals surface area contributed by atoms with Crippen LogP contribution in [-0.2, 0) is 16.0 Å². The normalized spacial score (nSPS) is 16.0. The van der Waals surface area contributed by atoms with Gasteiger partial charge in [-0.05, 0) is 37.2 Å². The van der Waals surface area contributed by atoms with Crippen molar-refractivity contribution in [2.45, 2.75) is 51.5 Å². The SMILES string of the molecule is CC(C)CC(C(=O)O)n1nc(CC=O)cc(C2CC2)c1=O. The van der Waals surface area contributed by atoms with E-state index in [1.807, 2.05) is 13.8 Å². The van der Waals surface area contributed by atoms with Gasteiger partial charge in [0, 0.05) is 12.0 Å². The lowest BCUT2D eigenvalue weighted by molar-refractivity contribution is -0.141. The fraction of sp³-hybridized carbons (Fsp3) is 0.600. The summed E-state index contributed by atoms with van der Waals surface area (Å²) in [6.45, 7) is 3.80. The highest BCUT2D eigenvalue weighted by Crippen LogP contribution is 2.38. The number of rotatable bonds is 7. The average molecular weight is 292 g/mol. The summed E-state index contributed by atoms with van der Waals surface area (Å²) in [5.41, 5.74) is 0.721. The van der Waals surface area contributed by atoms with Crippen molar-refractivity contribution in [3.8, 4) is 0 Å². The molecule has 0 aromatic carbocycles. The van der Waals surface area contributed by atoms with Crippen LogP contribution in [0, 0.1) is 5.92 Å². The summed E-state index contributed by atoms with van der Waals surface area (Å²) in [5.74, 6) is -0.757. The van der Waals surface area contributed by atoms with Crippen LogP contribution in [0.2, 0.25) is 0 Å². The van der Waals surface area contributed by atoms with Crippen molar-refractivity contribution in [3.05, 3.63) is 27.7 Å². The second-order valence-corrected chi connectivity index (χ2v) is 5.97. The number of hydrogen-bond acceptors (Lipinski definition) is 4. The summed E-state index contributed by atoms with van der Waals surface area (Å²) in [6, 6.07) is 0.667. The largest absolute Gasteiger partial charge is 0.480 e. The highest BCUT2D eigenvalue weighted by molar-refractivity contribution is 5.71. The van der Waals surface area contributed by atoms with Crippen molar-refractivity contribution in [2.24, 2.45) is 5.92 Å². The van der Waals surface area contributed by atoms with Crippen LogP contribution < -0.4 is 5.56 Å². The Balaban J connectivity index is 2.50. The molecule has 1 saturated carbocycles. The Morgan fingerprint density at radius 2 is 2.19 bits per heavy atom. The van der Waals surface area contributed by atoms with Crippen molar-refractivity contribution >= 4 is 12.3 Å². The number of aliphatic carboxylic acids is 1. The second kappa shape index (κ2) is 6.20. The van der Waals surface area contributed by atoms with Gasteiger partial charge in [-0.25, -0.2) is 9.48 Å². The van der Waals surface area contributed by atoms with Gasteiger partial charge < -0.3 is 9.90 Å². The van der Waals surface area contributed by atoms with Crippen molar-refractivity contribution in [2.75, 3.05) is 0 Å². The quantitative estimate of drug-likeness (QED) is 0.770. The van der Waals surface area contributed by atoms with Crippen molar-refractivity contribution < 1.29 is 14.7 Å². The minimum absolute atomic E-state index is 0.0913. The van der Waals surface area contributed by atoms with Crippen LogP contribution in [0.1, 0.15) is 56.3 Å².